The average molecular weight is 296 g/mol. The third kappa shape index (κ3) is 5.22. The van der Waals surface area contributed by atoms with Crippen molar-refractivity contribution in [2.24, 2.45) is 5.92 Å². The highest BCUT2D eigenvalue weighted by Crippen LogP contribution is 2.28. The molecule has 1 heterocycles. The van der Waals surface area contributed by atoms with E-state index in [1.54, 1.807) is 0 Å². The molecule has 124 valence electrons. The van der Waals surface area contributed by atoms with E-state index >= 15 is 0 Å². The summed E-state index contributed by atoms with van der Waals surface area (Å²) >= 11 is 0. The molecular formula is C18H37N3. The van der Waals surface area contributed by atoms with Crippen LogP contribution >= 0.6 is 0 Å². The fourth-order valence-corrected chi connectivity index (χ4v) is 4.21. The molecule has 3 heteroatoms. The zero-order valence-electron chi connectivity index (χ0n) is 14.6. The molecule has 21 heavy (non-hydrogen) atoms. The minimum Gasteiger partial charge on any atom is -0.312 e. The lowest BCUT2D eigenvalue weighted by Crippen LogP contribution is -2.50. The number of hydrogen-bond donors (Lipinski definition) is 1. The molecule has 3 nitrogen and oxygen atoms in total. The number of piperidine rings is 1. The molecule has 2 rings (SSSR count). The van der Waals surface area contributed by atoms with Crippen molar-refractivity contribution in [1.82, 2.24) is 15.1 Å². The molecule has 1 atom stereocenters. The third-order valence-electron chi connectivity index (χ3n) is 5.74. The Labute approximate surface area is 132 Å². The topological polar surface area (TPSA) is 18.5 Å². The zero-order valence-corrected chi connectivity index (χ0v) is 14.6. The van der Waals surface area contributed by atoms with Crippen LogP contribution in [-0.2, 0) is 0 Å². The van der Waals surface area contributed by atoms with Crippen LogP contribution < -0.4 is 5.32 Å². The lowest BCUT2D eigenvalue weighted by molar-refractivity contribution is 0.115. The second-order valence-corrected chi connectivity index (χ2v) is 7.21. The largest absolute Gasteiger partial charge is 0.312 e. The minimum atomic E-state index is 0.724. The van der Waals surface area contributed by atoms with Gasteiger partial charge >= 0.3 is 0 Å². The van der Waals surface area contributed by atoms with Crippen LogP contribution in [0.4, 0.5) is 0 Å². The Morgan fingerprint density at radius 1 is 1.10 bits per heavy atom. The van der Waals surface area contributed by atoms with Crippen molar-refractivity contribution < 1.29 is 0 Å². The molecule has 0 aromatic rings. The summed E-state index contributed by atoms with van der Waals surface area (Å²) in [6.45, 7) is 10.8. The Morgan fingerprint density at radius 3 is 2.33 bits per heavy atom. The standard InChI is InChI=1S/C18H37N3/c1-4-12-19-18(16-8-6-7-9-16)15-20(3)17-10-13-21(5-2)14-11-17/h16-19H,4-15H2,1-3H3. The van der Waals surface area contributed by atoms with Gasteiger partial charge in [-0.3, -0.25) is 0 Å². The highest BCUT2D eigenvalue weighted by Gasteiger charge is 2.28. The van der Waals surface area contributed by atoms with Gasteiger partial charge in [-0.1, -0.05) is 26.7 Å². The molecule has 1 N–H and O–H groups in total. The molecule has 1 unspecified atom stereocenters. The van der Waals surface area contributed by atoms with Crippen LogP contribution in [-0.4, -0.2) is 61.7 Å². The van der Waals surface area contributed by atoms with E-state index in [0.29, 0.717) is 0 Å². The summed E-state index contributed by atoms with van der Waals surface area (Å²) in [7, 11) is 2.36. The van der Waals surface area contributed by atoms with E-state index in [9.17, 15) is 0 Å². The Hall–Kier alpha value is -0.120. The maximum atomic E-state index is 3.85. The third-order valence-corrected chi connectivity index (χ3v) is 5.74. The predicted octanol–water partition coefficient (Wildman–Crippen LogP) is 2.96. The van der Waals surface area contributed by atoms with E-state index < -0.39 is 0 Å². The predicted molar refractivity (Wildman–Crippen MR) is 91.8 cm³/mol. The van der Waals surface area contributed by atoms with Gasteiger partial charge in [0.15, 0.2) is 0 Å². The molecule has 0 bridgehead atoms. The minimum absolute atomic E-state index is 0.724. The molecule has 0 spiro atoms. The normalized spacial score (nSPS) is 24.0. The van der Waals surface area contributed by atoms with Gasteiger partial charge in [0.1, 0.15) is 0 Å². The van der Waals surface area contributed by atoms with E-state index in [1.165, 1.54) is 77.7 Å². The van der Waals surface area contributed by atoms with E-state index in [4.69, 9.17) is 0 Å². The number of rotatable bonds is 8. The Balaban J connectivity index is 1.80. The summed E-state index contributed by atoms with van der Waals surface area (Å²) in [6, 6.07) is 1.53. The van der Waals surface area contributed by atoms with Gasteiger partial charge in [0.05, 0.1) is 0 Å². The lowest BCUT2D eigenvalue weighted by atomic mass is 9.95. The fourth-order valence-electron chi connectivity index (χ4n) is 4.21. The van der Waals surface area contributed by atoms with Gasteiger partial charge in [0, 0.05) is 18.6 Å². The molecule has 2 aliphatic rings. The van der Waals surface area contributed by atoms with Gasteiger partial charge in [-0.15, -0.1) is 0 Å². The van der Waals surface area contributed by atoms with Crippen molar-refractivity contribution in [3.63, 3.8) is 0 Å². The Bertz CT molecular complexity index is 268. The van der Waals surface area contributed by atoms with Crippen LogP contribution in [0.3, 0.4) is 0 Å². The maximum absolute atomic E-state index is 3.85. The van der Waals surface area contributed by atoms with E-state index in [-0.39, 0.29) is 0 Å². The van der Waals surface area contributed by atoms with Gasteiger partial charge in [-0.05, 0) is 71.2 Å². The second-order valence-electron chi connectivity index (χ2n) is 7.21. The molecule has 0 aromatic carbocycles. The van der Waals surface area contributed by atoms with Crippen molar-refractivity contribution in [2.45, 2.75) is 70.9 Å². The van der Waals surface area contributed by atoms with Gasteiger partial charge < -0.3 is 15.1 Å². The van der Waals surface area contributed by atoms with Crippen LogP contribution in [0, 0.1) is 5.92 Å². The molecular weight excluding hydrogens is 258 g/mol. The van der Waals surface area contributed by atoms with Gasteiger partial charge in [0.2, 0.25) is 0 Å². The van der Waals surface area contributed by atoms with Crippen molar-refractivity contribution >= 4 is 0 Å². The van der Waals surface area contributed by atoms with Gasteiger partial charge in [-0.2, -0.15) is 0 Å². The number of hydrogen-bond acceptors (Lipinski definition) is 3. The Morgan fingerprint density at radius 2 is 1.76 bits per heavy atom. The first-order valence-electron chi connectivity index (χ1n) is 9.40. The first-order chi connectivity index (χ1) is 10.2. The molecule has 0 amide bonds. The van der Waals surface area contributed by atoms with Crippen LogP contribution in [0.15, 0.2) is 0 Å². The van der Waals surface area contributed by atoms with Gasteiger partial charge in [0.25, 0.3) is 0 Å². The number of nitrogens with one attached hydrogen (secondary N) is 1. The summed E-state index contributed by atoms with van der Waals surface area (Å²) in [5.74, 6) is 0.926. The fraction of sp³-hybridized carbons (Fsp3) is 1.00. The quantitative estimate of drug-likeness (QED) is 0.743. The highest BCUT2D eigenvalue weighted by molar-refractivity contribution is 4.86. The van der Waals surface area contributed by atoms with Crippen molar-refractivity contribution in [3.8, 4) is 0 Å². The van der Waals surface area contributed by atoms with E-state index in [1.807, 2.05) is 0 Å². The van der Waals surface area contributed by atoms with Crippen molar-refractivity contribution in [3.05, 3.63) is 0 Å². The molecule has 0 radical (unpaired) electrons. The smallest absolute Gasteiger partial charge is 0.0223 e. The second kappa shape index (κ2) is 9.12. The molecule has 1 aliphatic heterocycles. The SMILES string of the molecule is CCCNC(CN(C)C1CCN(CC)CC1)C1CCCC1. The lowest BCUT2D eigenvalue weighted by Gasteiger charge is -2.39. The highest BCUT2D eigenvalue weighted by atomic mass is 15.2. The van der Waals surface area contributed by atoms with Crippen molar-refractivity contribution in [2.75, 3.05) is 39.8 Å². The zero-order chi connectivity index (χ0) is 15.1. The van der Waals surface area contributed by atoms with Crippen LogP contribution in [0.25, 0.3) is 0 Å². The van der Waals surface area contributed by atoms with Crippen LogP contribution in [0.1, 0.15) is 58.8 Å². The van der Waals surface area contributed by atoms with Crippen LogP contribution in [0.2, 0.25) is 0 Å². The number of likely N-dealkylation sites (tertiary alicyclic amines) is 1. The van der Waals surface area contributed by atoms with Gasteiger partial charge in [-0.25, -0.2) is 0 Å². The summed E-state index contributed by atoms with van der Waals surface area (Å²) in [5, 5.41) is 3.85. The number of likely N-dealkylation sites (N-methyl/N-ethyl adjacent to an activating group) is 1. The van der Waals surface area contributed by atoms with E-state index in [0.717, 1.165) is 18.0 Å². The molecule has 1 saturated carbocycles. The first kappa shape index (κ1) is 17.2. The Kier molecular flexibility index (Phi) is 7.48. The summed E-state index contributed by atoms with van der Waals surface area (Å²) in [5.41, 5.74) is 0. The van der Waals surface area contributed by atoms with Crippen molar-refractivity contribution in [1.29, 1.82) is 0 Å². The average Bonchev–Trinajstić information content (AvgIpc) is 3.05. The van der Waals surface area contributed by atoms with E-state index in [2.05, 4.69) is 36.0 Å². The molecule has 1 aliphatic carbocycles. The summed E-state index contributed by atoms with van der Waals surface area (Å²) in [6.07, 6.45) is 9.76. The molecule has 2 fully saturated rings. The number of nitrogens with zero attached hydrogens (tertiary/aromatic N) is 2. The molecule has 0 aromatic heterocycles. The summed E-state index contributed by atoms with van der Waals surface area (Å²) in [4.78, 5) is 5.26. The summed E-state index contributed by atoms with van der Waals surface area (Å²) < 4.78 is 0. The van der Waals surface area contributed by atoms with Crippen LogP contribution in [0.5, 0.6) is 0 Å². The maximum Gasteiger partial charge on any atom is 0.0223 e. The molecule has 1 saturated heterocycles. The first-order valence-corrected chi connectivity index (χ1v) is 9.40. The monoisotopic (exact) mass is 295 g/mol.